The molecule has 0 unspecified atom stereocenters. The molecule has 0 aliphatic carbocycles. The van der Waals surface area contributed by atoms with E-state index in [0.717, 1.165) is 40.3 Å². The van der Waals surface area contributed by atoms with Gasteiger partial charge in [-0.25, -0.2) is 9.97 Å². The lowest BCUT2D eigenvalue weighted by atomic mass is 10.0. The van der Waals surface area contributed by atoms with E-state index in [2.05, 4.69) is 46.5 Å². The molecule has 1 aromatic carbocycles. The van der Waals surface area contributed by atoms with Gasteiger partial charge in [0, 0.05) is 31.1 Å². The molecule has 0 spiro atoms. The monoisotopic (exact) mass is 368 g/mol. The van der Waals surface area contributed by atoms with Gasteiger partial charge in [0.2, 0.25) is 5.91 Å². The van der Waals surface area contributed by atoms with Crippen LogP contribution in [-0.2, 0) is 4.79 Å². The predicted molar refractivity (Wildman–Crippen MR) is 109 cm³/mol. The van der Waals surface area contributed by atoms with Crippen LogP contribution in [0.4, 0.5) is 5.82 Å². The quantitative estimate of drug-likeness (QED) is 0.660. The van der Waals surface area contributed by atoms with Crippen LogP contribution in [0.15, 0.2) is 36.0 Å². The number of aryl methyl sites for hydroxylation is 1. The summed E-state index contributed by atoms with van der Waals surface area (Å²) in [5, 5.41) is 3.13. The molecule has 0 radical (unpaired) electrons. The van der Waals surface area contributed by atoms with Gasteiger partial charge in [-0.3, -0.25) is 4.79 Å². The summed E-state index contributed by atoms with van der Waals surface area (Å²) in [4.78, 5) is 26.1. The van der Waals surface area contributed by atoms with Gasteiger partial charge in [-0.05, 0) is 26.3 Å². The van der Waals surface area contributed by atoms with Crippen molar-refractivity contribution in [1.29, 1.82) is 0 Å². The molecule has 0 saturated heterocycles. The van der Waals surface area contributed by atoms with Gasteiger partial charge < -0.3 is 9.80 Å². The number of nitrogens with zero attached hydrogens (tertiary/aromatic N) is 4. The Morgan fingerprint density at radius 2 is 1.81 bits per heavy atom. The molecule has 0 N–H and O–H groups in total. The molecule has 0 saturated carbocycles. The van der Waals surface area contributed by atoms with Crippen LogP contribution in [0.25, 0.3) is 21.3 Å². The minimum absolute atomic E-state index is 0.108. The van der Waals surface area contributed by atoms with E-state index in [9.17, 15) is 4.79 Å². The first-order valence-corrected chi connectivity index (χ1v) is 9.71. The molecule has 0 aliphatic heterocycles. The number of benzene rings is 1. The smallest absolute Gasteiger partial charge is 0.242 e. The van der Waals surface area contributed by atoms with E-state index in [-0.39, 0.29) is 5.91 Å². The summed E-state index contributed by atoms with van der Waals surface area (Å²) in [6, 6.07) is 8.45. The van der Waals surface area contributed by atoms with Crippen LogP contribution >= 0.6 is 11.3 Å². The normalized spacial score (nSPS) is 10.9. The summed E-state index contributed by atoms with van der Waals surface area (Å²) in [6.07, 6.45) is 1.57. The Morgan fingerprint density at radius 3 is 2.46 bits per heavy atom. The summed E-state index contributed by atoms with van der Waals surface area (Å²) in [7, 11) is 1.92. The number of fused-ring (bicyclic) bond motifs is 1. The number of carbonyl (C=O) groups is 1. The summed E-state index contributed by atoms with van der Waals surface area (Å²) < 4.78 is 0. The molecular weight excluding hydrogens is 344 g/mol. The number of amides is 1. The first-order chi connectivity index (χ1) is 12.5. The van der Waals surface area contributed by atoms with E-state index in [4.69, 9.17) is 0 Å². The lowest BCUT2D eigenvalue weighted by molar-refractivity contribution is -0.129. The molecule has 136 valence electrons. The van der Waals surface area contributed by atoms with Gasteiger partial charge in [0.15, 0.2) is 0 Å². The van der Waals surface area contributed by atoms with Gasteiger partial charge in [-0.2, -0.15) is 0 Å². The highest BCUT2D eigenvalue weighted by Gasteiger charge is 2.19. The molecular formula is C20H24N4OS. The average Bonchev–Trinajstić information content (AvgIpc) is 3.07. The molecule has 2 aromatic heterocycles. The molecule has 0 bridgehead atoms. The Morgan fingerprint density at radius 1 is 1.12 bits per heavy atom. The van der Waals surface area contributed by atoms with Crippen molar-refractivity contribution in [2.24, 2.45) is 0 Å². The Kier molecular flexibility index (Phi) is 5.52. The summed E-state index contributed by atoms with van der Waals surface area (Å²) >= 11 is 1.61. The molecule has 3 rings (SSSR count). The molecule has 6 heteroatoms. The van der Waals surface area contributed by atoms with E-state index in [0.29, 0.717) is 6.54 Å². The summed E-state index contributed by atoms with van der Waals surface area (Å²) in [6.45, 7) is 7.82. The van der Waals surface area contributed by atoms with Crippen LogP contribution in [0.1, 0.15) is 19.4 Å². The second-order valence-electron chi connectivity index (χ2n) is 6.31. The lowest BCUT2D eigenvalue weighted by Crippen LogP contribution is -2.39. The number of rotatable bonds is 6. The van der Waals surface area contributed by atoms with Gasteiger partial charge in [-0.15, -0.1) is 11.3 Å². The van der Waals surface area contributed by atoms with E-state index in [1.165, 1.54) is 5.56 Å². The third-order valence-electron chi connectivity index (χ3n) is 4.56. The fourth-order valence-corrected chi connectivity index (χ4v) is 3.96. The zero-order valence-electron chi connectivity index (χ0n) is 15.7. The van der Waals surface area contributed by atoms with Crippen LogP contribution < -0.4 is 4.90 Å². The second kappa shape index (κ2) is 7.83. The van der Waals surface area contributed by atoms with Crippen molar-refractivity contribution in [2.75, 3.05) is 31.6 Å². The largest absolute Gasteiger partial charge is 0.350 e. The molecule has 0 aliphatic rings. The second-order valence-corrected chi connectivity index (χ2v) is 7.17. The highest BCUT2D eigenvalue weighted by Crippen LogP contribution is 2.37. The number of anilines is 1. The van der Waals surface area contributed by atoms with Gasteiger partial charge in [0.05, 0.1) is 11.9 Å². The van der Waals surface area contributed by atoms with Crippen LogP contribution in [0, 0.1) is 6.92 Å². The highest BCUT2D eigenvalue weighted by molar-refractivity contribution is 7.17. The number of hydrogen-bond donors (Lipinski definition) is 0. The SMILES string of the molecule is CCN(CC)C(=O)CN(C)c1ncnc2scc(-c3ccc(C)cc3)c12. The average molecular weight is 369 g/mol. The van der Waals surface area contributed by atoms with E-state index in [1.54, 1.807) is 17.7 Å². The van der Waals surface area contributed by atoms with E-state index >= 15 is 0 Å². The zero-order valence-corrected chi connectivity index (χ0v) is 16.5. The first kappa shape index (κ1) is 18.3. The Balaban J connectivity index is 1.99. The van der Waals surface area contributed by atoms with E-state index < -0.39 is 0 Å². The van der Waals surface area contributed by atoms with Crippen molar-refractivity contribution < 1.29 is 4.79 Å². The molecule has 0 fully saturated rings. The number of thiophene rings is 1. The minimum atomic E-state index is 0.108. The molecule has 1 amide bonds. The Hall–Kier alpha value is -2.47. The van der Waals surface area contributed by atoms with Crippen molar-refractivity contribution in [2.45, 2.75) is 20.8 Å². The van der Waals surface area contributed by atoms with Crippen LogP contribution in [0.3, 0.4) is 0 Å². The maximum atomic E-state index is 12.5. The molecule has 3 aromatic rings. The fourth-order valence-electron chi connectivity index (χ4n) is 3.05. The minimum Gasteiger partial charge on any atom is -0.350 e. The van der Waals surface area contributed by atoms with Gasteiger partial charge in [0.1, 0.15) is 17.0 Å². The Bertz CT molecular complexity index is 900. The molecule has 0 atom stereocenters. The molecule has 5 nitrogen and oxygen atoms in total. The van der Waals surface area contributed by atoms with E-state index in [1.807, 2.05) is 30.7 Å². The molecule has 2 heterocycles. The third-order valence-corrected chi connectivity index (χ3v) is 5.45. The lowest BCUT2D eigenvalue weighted by Gasteiger charge is -2.24. The number of likely N-dealkylation sites (N-methyl/N-ethyl adjacent to an activating group) is 2. The van der Waals surface area contributed by atoms with Gasteiger partial charge in [-0.1, -0.05) is 29.8 Å². The number of aromatic nitrogens is 2. The maximum absolute atomic E-state index is 12.5. The first-order valence-electron chi connectivity index (χ1n) is 8.83. The summed E-state index contributed by atoms with van der Waals surface area (Å²) in [5.74, 6) is 0.906. The van der Waals surface area contributed by atoms with Crippen molar-refractivity contribution in [3.05, 3.63) is 41.5 Å². The topological polar surface area (TPSA) is 49.3 Å². The fraction of sp³-hybridized carbons (Fsp3) is 0.350. The van der Waals surface area contributed by atoms with Gasteiger partial charge >= 0.3 is 0 Å². The third kappa shape index (κ3) is 3.55. The van der Waals surface area contributed by atoms with Crippen molar-refractivity contribution in [3.63, 3.8) is 0 Å². The predicted octanol–water partition coefficient (Wildman–Crippen LogP) is 3.97. The Labute approximate surface area is 158 Å². The summed E-state index contributed by atoms with van der Waals surface area (Å²) in [5.41, 5.74) is 3.48. The standard InChI is InChI=1S/C20H24N4OS/c1-5-24(6-2)17(25)11-23(4)19-18-16(12-26-20(18)22-13-21-19)15-9-7-14(3)8-10-15/h7-10,12-13H,5-6,11H2,1-4H3. The number of carbonyl (C=O) groups excluding carboxylic acids is 1. The zero-order chi connectivity index (χ0) is 18.7. The van der Waals surface area contributed by atoms with Crippen LogP contribution in [-0.4, -0.2) is 47.5 Å². The van der Waals surface area contributed by atoms with Crippen LogP contribution in [0.2, 0.25) is 0 Å². The van der Waals surface area contributed by atoms with Crippen molar-refractivity contribution in [3.8, 4) is 11.1 Å². The van der Waals surface area contributed by atoms with Gasteiger partial charge in [0.25, 0.3) is 0 Å². The van der Waals surface area contributed by atoms with Crippen molar-refractivity contribution >= 4 is 33.3 Å². The van der Waals surface area contributed by atoms with Crippen LogP contribution in [0.5, 0.6) is 0 Å². The highest BCUT2D eigenvalue weighted by atomic mass is 32.1. The molecule has 26 heavy (non-hydrogen) atoms. The maximum Gasteiger partial charge on any atom is 0.242 e. The number of hydrogen-bond acceptors (Lipinski definition) is 5. The van der Waals surface area contributed by atoms with Crippen molar-refractivity contribution in [1.82, 2.24) is 14.9 Å².